The van der Waals surface area contributed by atoms with Crippen LogP contribution in [0.4, 0.5) is 18.2 Å². The number of alkyl halides is 3. The largest absolute Gasteiger partial charge is 0.390 e. The Balaban J connectivity index is 1.75. The minimum absolute atomic E-state index is 0.224. The normalized spacial score (nSPS) is 13.5. The van der Waals surface area contributed by atoms with Gasteiger partial charge in [-0.2, -0.15) is 17.5 Å². The summed E-state index contributed by atoms with van der Waals surface area (Å²) in [5, 5.41) is 6.35. The molecule has 0 amide bonds. The first-order valence-corrected chi connectivity index (χ1v) is 9.76. The molecule has 0 aliphatic heterocycles. The van der Waals surface area contributed by atoms with Gasteiger partial charge in [-0.1, -0.05) is 6.07 Å². The zero-order chi connectivity index (χ0) is 17.3. The molecule has 3 aromatic heterocycles. The second-order valence-corrected chi connectivity index (χ2v) is 8.47. The molecule has 0 radical (unpaired) electrons. The van der Waals surface area contributed by atoms with Crippen molar-refractivity contribution in [3.8, 4) is 0 Å². The van der Waals surface area contributed by atoms with E-state index in [1.54, 1.807) is 11.3 Å². The van der Waals surface area contributed by atoms with E-state index in [-0.39, 0.29) is 6.42 Å². The Bertz CT molecular complexity index is 805. The van der Waals surface area contributed by atoms with Crippen LogP contribution in [-0.4, -0.2) is 16.6 Å². The third-order valence-corrected chi connectivity index (χ3v) is 6.72. The molecule has 0 aliphatic carbocycles. The van der Waals surface area contributed by atoms with Gasteiger partial charge in [-0.15, -0.1) is 22.7 Å². The highest BCUT2D eigenvalue weighted by Crippen LogP contribution is 2.39. The minimum Gasteiger partial charge on any atom is -0.370 e. The molecule has 0 saturated carbocycles. The topological polar surface area (TPSA) is 50.9 Å². The zero-order valence-corrected chi connectivity index (χ0v) is 15.3. The molecular weight excluding hydrogens is 375 g/mol. The maximum absolute atomic E-state index is 12.5. The van der Waals surface area contributed by atoms with Crippen LogP contribution in [0.2, 0.25) is 0 Å². The van der Waals surface area contributed by atoms with Crippen molar-refractivity contribution in [1.82, 2.24) is 4.37 Å². The fourth-order valence-corrected chi connectivity index (χ4v) is 5.36. The van der Waals surface area contributed by atoms with Gasteiger partial charge in [0.25, 0.3) is 0 Å². The number of nitrogens with two attached hydrogens (primary N) is 1. The summed E-state index contributed by atoms with van der Waals surface area (Å²) in [5.74, 6) is 0. The summed E-state index contributed by atoms with van der Waals surface area (Å²) < 4.78 is 42.8. The SMILES string of the molecule is Cc1c(C[C@@H](N)CC(F)(F)F)sc2c(NCc3cccs3)snc12. The Morgan fingerprint density at radius 2 is 2.17 bits per heavy atom. The molecule has 0 spiro atoms. The van der Waals surface area contributed by atoms with Crippen molar-refractivity contribution in [2.45, 2.75) is 38.5 Å². The molecule has 130 valence electrons. The molecule has 3 rings (SSSR count). The Labute approximate surface area is 149 Å². The maximum Gasteiger partial charge on any atom is 0.390 e. The number of rotatable bonds is 6. The van der Waals surface area contributed by atoms with E-state index in [1.807, 2.05) is 18.4 Å². The van der Waals surface area contributed by atoms with E-state index < -0.39 is 18.6 Å². The predicted octanol–water partition coefficient (Wildman–Crippen LogP) is 5.16. The first-order chi connectivity index (χ1) is 11.3. The van der Waals surface area contributed by atoms with Crippen molar-refractivity contribution in [3.63, 3.8) is 0 Å². The number of hydrogen-bond donors (Lipinski definition) is 2. The molecule has 1 atom stereocenters. The molecule has 0 saturated heterocycles. The highest BCUT2D eigenvalue weighted by molar-refractivity contribution is 7.24. The molecule has 3 aromatic rings. The Kier molecular flexibility index (Phi) is 5.14. The average Bonchev–Trinajstić information content (AvgIpc) is 3.16. The van der Waals surface area contributed by atoms with E-state index in [0.29, 0.717) is 0 Å². The quantitative estimate of drug-likeness (QED) is 0.610. The van der Waals surface area contributed by atoms with Gasteiger partial charge in [0, 0.05) is 15.8 Å². The van der Waals surface area contributed by atoms with Crippen molar-refractivity contribution in [2.24, 2.45) is 5.73 Å². The molecule has 0 aliphatic rings. The molecule has 0 unspecified atom stereocenters. The molecule has 3 N–H and O–H groups in total. The van der Waals surface area contributed by atoms with E-state index in [1.165, 1.54) is 27.7 Å². The second kappa shape index (κ2) is 6.99. The van der Waals surface area contributed by atoms with Crippen LogP contribution in [0.25, 0.3) is 10.2 Å². The number of aromatic nitrogens is 1. The van der Waals surface area contributed by atoms with Gasteiger partial charge < -0.3 is 11.1 Å². The first kappa shape index (κ1) is 17.7. The van der Waals surface area contributed by atoms with Gasteiger partial charge in [0.05, 0.1) is 17.7 Å². The van der Waals surface area contributed by atoms with Crippen LogP contribution in [0.5, 0.6) is 0 Å². The number of hydrogen-bond acceptors (Lipinski definition) is 6. The lowest BCUT2D eigenvalue weighted by molar-refractivity contribution is -0.138. The van der Waals surface area contributed by atoms with Crippen LogP contribution in [0, 0.1) is 6.92 Å². The Morgan fingerprint density at radius 1 is 1.38 bits per heavy atom. The third-order valence-electron chi connectivity index (χ3n) is 3.59. The van der Waals surface area contributed by atoms with Crippen molar-refractivity contribution in [2.75, 3.05) is 5.32 Å². The number of aryl methyl sites for hydroxylation is 1. The van der Waals surface area contributed by atoms with Crippen LogP contribution in [0.3, 0.4) is 0 Å². The van der Waals surface area contributed by atoms with Gasteiger partial charge in [-0.05, 0) is 41.9 Å². The van der Waals surface area contributed by atoms with Gasteiger partial charge in [-0.25, -0.2) is 0 Å². The highest BCUT2D eigenvalue weighted by atomic mass is 32.1. The molecule has 0 fully saturated rings. The predicted molar refractivity (Wildman–Crippen MR) is 96.2 cm³/mol. The number of anilines is 1. The average molecular weight is 392 g/mol. The van der Waals surface area contributed by atoms with E-state index in [9.17, 15) is 13.2 Å². The summed E-state index contributed by atoms with van der Waals surface area (Å²) >= 11 is 4.55. The summed E-state index contributed by atoms with van der Waals surface area (Å²) in [5.41, 5.74) is 7.47. The Morgan fingerprint density at radius 3 is 2.83 bits per heavy atom. The molecule has 3 nitrogen and oxygen atoms in total. The molecular formula is C15H16F3N3S3. The smallest absolute Gasteiger partial charge is 0.370 e. The Hall–Kier alpha value is -1.16. The van der Waals surface area contributed by atoms with Gasteiger partial charge in [-0.3, -0.25) is 0 Å². The van der Waals surface area contributed by atoms with E-state index in [4.69, 9.17) is 5.73 Å². The molecule has 0 aromatic carbocycles. The van der Waals surface area contributed by atoms with Crippen LogP contribution in [-0.2, 0) is 13.0 Å². The van der Waals surface area contributed by atoms with Gasteiger partial charge in [0.1, 0.15) is 10.5 Å². The fourth-order valence-electron chi connectivity index (χ4n) is 2.44. The maximum atomic E-state index is 12.5. The lowest BCUT2D eigenvalue weighted by Gasteiger charge is -2.13. The van der Waals surface area contributed by atoms with Crippen molar-refractivity contribution in [3.05, 3.63) is 32.8 Å². The van der Waals surface area contributed by atoms with Crippen LogP contribution in [0.15, 0.2) is 17.5 Å². The summed E-state index contributed by atoms with van der Waals surface area (Å²) in [7, 11) is 0. The number of nitrogens with zero attached hydrogens (tertiary/aromatic N) is 1. The first-order valence-electron chi connectivity index (χ1n) is 7.29. The third kappa shape index (κ3) is 4.08. The summed E-state index contributed by atoms with van der Waals surface area (Å²) in [4.78, 5) is 2.11. The van der Waals surface area contributed by atoms with E-state index in [2.05, 4.69) is 15.8 Å². The second-order valence-electron chi connectivity index (χ2n) is 5.56. The summed E-state index contributed by atoms with van der Waals surface area (Å²) in [6, 6.07) is 3.13. The summed E-state index contributed by atoms with van der Waals surface area (Å²) in [6.07, 6.45) is -4.97. The van der Waals surface area contributed by atoms with E-state index >= 15 is 0 Å². The van der Waals surface area contributed by atoms with Gasteiger partial charge in [0.2, 0.25) is 0 Å². The number of thiophene rings is 2. The molecule has 24 heavy (non-hydrogen) atoms. The van der Waals surface area contributed by atoms with Gasteiger partial charge >= 0.3 is 6.18 Å². The van der Waals surface area contributed by atoms with Crippen molar-refractivity contribution < 1.29 is 13.2 Å². The van der Waals surface area contributed by atoms with Crippen molar-refractivity contribution >= 4 is 49.4 Å². The van der Waals surface area contributed by atoms with Crippen LogP contribution < -0.4 is 11.1 Å². The fraction of sp³-hybridized carbons (Fsp3) is 0.400. The lowest BCUT2D eigenvalue weighted by atomic mass is 10.1. The van der Waals surface area contributed by atoms with Gasteiger partial charge in [0.15, 0.2) is 0 Å². The number of nitrogens with one attached hydrogen (secondary N) is 1. The molecule has 0 bridgehead atoms. The highest BCUT2D eigenvalue weighted by Gasteiger charge is 2.31. The van der Waals surface area contributed by atoms with Crippen LogP contribution in [0.1, 0.15) is 21.7 Å². The monoisotopic (exact) mass is 391 g/mol. The minimum atomic E-state index is -4.23. The molecule has 9 heteroatoms. The van der Waals surface area contributed by atoms with Crippen LogP contribution >= 0.6 is 34.2 Å². The molecule has 3 heterocycles. The standard InChI is InChI=1S/C15H16F3N3S3/c1-8-11(5-9(19)6-15(16,17)18)23-13-12(8)21-24-14(13)20-7-10-3-2-4-22-10/h2-4,9,20H,5-7,19H2,1H3/t9-/m1/s1. The zero-order valence-electron chi connectivity index (χ0n) is 12.8. The van der Waals surface area contributed by atoms with Crippen molar-refractivity contribution in [1.29, 1.82) is 0 Å². The number of fused-ring (bicyclic) bond motifs is 1. The lowest BCUT2D eigenvalue weighted by Crippen LogP contribution is -2.29. The van der Waals surface area contributed by atoms with E-state index in [0.717, 1.165) is 32.2 Å². The summed E-state index contributed by atoms with van der Waals surface area (Å²) in [6.45, 7) is 2.62. The number of halogens is 3.